The number of fused-ring (bicyclic) bond motifs is 3. The van der Waals surface area contributed by atoms with Crippen LogP contribution in [-0.2, 0) is 23.9 Å². The highest BCUT2D eigenvalue weighted by atomic mass is 16.6. The lowest BCUT2D eigenvalue weighted by molar-refractivity contribution is -0.227. The molecular weight excluding hydrogens is 644 g/mol. The molecule has 0 radical (unpaired) electrons. The van der Waals surface area contributed by atoms with Gasteiger partial charge < -0.3 is 40.9 Å². The molecule has 276 valence electrons. The van der Waals surface area contributed by atoms with Gasteiger partial charge in [-0.2, -0.15) is 0 Å². The number of rotatable bonds is 14. The Morgan fingerprint density at radius 1 is 1.02 bits per heavy atom. The molecule has 13 heteroatoms. The van der Waals surface area contributed by atoms with Crippen molar-refractivity contribution < 1.29 is 38.5 Å². The molecule has 4 saturated carbocycles. The Kier molecular flexibility index (Phi) is 10.1. The minimum atomic E-state index is -1.00. The number of hydrogen-bond acceptors (Lipinski definition) is 9. The number of aliphatic imine (C=N–C) groups is 1. The number of aliphatic hydroxyl groups is 1. The number of epoxide rings is 1. The predicted octanol–water partition coefficient (Wildman–Crippen LogP) is 3.50. The van der Waals surface area contributed by atoms with E-state index in [0.717, 1.165) is 31.2 Å². The van der Waals surface area contributed by atoms with Crippen LogP contribution in [0.3, 0.4) is 0 Å². The Hall–Kier alpha value is -3.45. The Balaban J connectivity index is 1.09. The number of amides is 1. The summed E-state index contributed by atoms with van der Waals surface area (Å²) in [6.07, 6.45) is 9.81. The number of nitrogens with two attached hydrogens (primary N) is 2. The number of carbonyl (C=O) groups is 3. The number of nitrogens with zero attached hydrogens (tertiary/aromatic N) is 1. The summed E-state index contributed by atoms with van der Waals surface area (Å²) >= 11 is 0. The number of guanidine groups is 1. The van der Waals surface area contributed by atoms with Gasteiger partial charge in [0.05, 0.1) is 18.0 Å². The summed E-state index contributed by atoms with van der Waals surface area (Å²) in [4.78, 5) is 52.8. The first-order chi connectivity index (χ1) is 23.7. The average Bonchev–Trinajstić information content (AvgIpc) is 3.72. The van der Waals surface area contributed by atoms with E-state index >= 15 is 0 Å². The molecule has 6 rings (SSSR count). The van der Waals surface area contributed by atoms with E-state index in [1.807, 2.05) is 6.07 Å². The smallest absolute Gasteiger partial charge is 0.335 e. The molecule has 5 fully saturated rings. The fourth-order valence-electron chi connectivity index (χ4n) is 10.8. The Morgan fingerprint density at radius 3 is 2.48 bits per heavy atom. The summed E-state index contributed by atoms with van der Waals surface area (Å²) < 4.78 is 18.0. The van der Waals surface area contributed by atoms with Crippen LogP contribution in [0.1, 0.15) is 122 Å². The van der Waals surface area contributed by atoms with Crippen molar-refractivity contribution in [3.05, 3.63) is 34.4 Å². The topological polar surface area (TPSA) is 220 Å². The first kappa shape index (κ1) is 36.3. The van der Waals surface area contributed by atoms with Crippen LogP contribution >= 0.6 is 0 Å². The van der Waals surface area contributed by atoms with Crippen LogP contribution in [0.25, 0.3) is 0 Å². The zero-order valence-corrected chi connectivity index (χ0v) is 29.4. The number of ether oxygens (including phenoxy) is 2. The van der Waals surface area contributed by atoms with Gasteiger partial charge in [-0.05, 0) is 105 Å². The number of carboxylic acids is 1. The van der Waals surface area contributed by atoms with Gasteiger partial charge in [0.25, 0.3) is 0 Å². The predicted molar refractivity (Wildman–Crippen MR) is 183 cm³/mol. The molecule has 7 N–H and O–H groups in total. The third-order valence-corrected chi connectivity index (χ3v) is 13.5. The highest BCUT2D eigenvalue weighted by Crippen LogP contribution is 2.78. The lowest BCUT2D eigenvalue weighted by Crippen LogP contribution is -2.65. The van der Waals surface area contributed by atoms with Crippen molar-refractivity contribution in [1.82, 2.24) is 5.32 Å². The third kappa shape index (κ3) is 6.55. The number of unbranched alkanes of at least 4 members (excludes halogenated alkanes) is 2. The molecule has 1 spiro atoms. The monoisotopic (exact) mass is 698 g/mol. The molecule has 0 bridgehead atoms. The molecule has 5 aliphatic rings. The maximum absolute atomic E-state index is 13.6. The van der Waals surface area contributed by atoms with Gasteiger partial charge in [0.2, 0.25) is 5.91 Å². The normalized spacial score (nSPS) is 37.2. The lowest BCUT2D eigenvalue weighted by atomic mass is 9.42. The largest absolute Gasteiger partial charge is 0.481 e. The van der Waals surface area contributed by atoms with Crippen LogP contribution in [0.2, 0.25) is 0 Å². The van der Waals surface area contributed by atoms with Gasteiger partial charge in [0.1, 0.15) is 17.7 Å². The van der Waals surface area contributed by atoms with Crippen LogP contribution < -0.4 is 22.4 Å². The maximum Gasteiger partial charge on any atom is 0.335 e. The molecule has 50 heavy (non-hydrogen) atoms. The van der Waals surface area contributed by atoms with Gasteiger partial charge in [0.15, 0.2) is 5.96 Å². The first-order valence-corrected chi connectivity index (χ1v) is 18.5. The van der Waals surface area contributed by atoms with Gasteiger partial charge in [0, 0.05) is 37.3 Å². The summed E-state index contributed by atoms with van der Waals surface area (Å²) in [7, 11) is 0. The Bertz CT molecular complexity index is 1520. The lowest BCUT2D eigenvalue weighted by Gasteiger charge is -2.64. The van der Waals surface area contributed by atoms with Crippen molar-refractivity contribution >= 4 is 23.8 Å². The highest BCUT2D eigenvalue weighted by molar-refractivity contribution is 5.84. The molecule has 10 atom stereocenters. The van der Waals surface area contributed by atoms with Gasteiger partial charge in [-0.15, -0.1) is 0 Å². The zero-order valence-electron chi connectivity index (χ0n) is 29.4. The number of hydrogen-bond donors (Lipinski definition) is 5. The summed E-state index contributed by atoms with van der Waals surface area (Å²) in [6.45, 7) is 4.87. The second-order valence-corrected chi connectivity index (χ2v) is 16.1. The fourth-order valence-corrected chi connectivity index (χ4v) is 10.8. The zero-order chi connectivity index (χ0) is 35.9. The van der Waals surface area contributed by atoms with Crippen LogP contribution in [0.15, 0.2) is 32.6 Å². The summed E-state index contributed by atoms with van der Waals surface area (Å²) in [5.41, 5.74) is 9.92. The van der Waals surface area contributed by atoms with Gasteiger partial charge in [-0.25, -0.2) is 9.59 Å². The SMILES string of the molecule is C[C@]12CC[C@H](OC(=O)[C@H](CCCN=C(N)N)NC(=O)CCCCCC(=O)O)C[C@@]1(O)CC[C@@H]1[C@@H]2CC[C@]2(C)[C@@H](c3ccc(=O)oc3)C[C@H]3O[C@]132. The average molecular weight is 699 g/mol. The quantitative estimate of drug-likeness (QED) is 0.0622. The first-order valence-electron chi connectivity index (χ1n) is 18.5. The van der Waals surface area contributed by atoms with Crippen molar-refractivity contribution in [2.24, 2.45) is 39.1 Å². The fraction of sp³-hybridized carbons (Fsp3) is 0.757. The molecule has 13 nitrogen and oxygen atoms in total. The molecule has 0 unspecified atom stereocenters. The molecule has 1 aromatic rings. The van der Waals surface area contributed by atoms with Crippen LogP contribution in [-0.4, -0.2) is 70.0 Å². The number of esters is 1. The van der Waals surface area contributed by atoms with Crippen LogP contribution in [0.4, 0.5) is 0 Å². The van der Waals surface area contributed by atoms with Crippen LogP contribution in [0.5, 0.6) is 0 Å². The van der Waals surface area contributed by atoms with E-state index in [2.05, 4.69) is 24.2 Å². The molecule has 1 amide bonds. The van der Waals surface area contributed by atoms with E-state index in [1.165, 1.54) is 6.07 Å². The van der Waals surface area contributed by atoms with E-state index in [1.54, 1.807) is 6.26 Å². The molecule has 1 saturated heterocycles. The summed E-state index contributed by atoms with van der Waals surface area (Å²) in [5, 5.41) is 24.1. The van der Waals surface area contributed by atoms with E-state index < -0.39 is 29.7 Å². The van der Waals surface area contributed by atoms with Crippen molar-refractivity contribution in [2.75, 3.05) is 6.54 Å². The number of carboxylic acid groups (broad SMARTS) is 1. The van der Waals surface area contributed by atoms with Crippen molar-refractivity contribution in [2.45, 2.75) is 146 Å². The second kappa shape index (κ2) is 13.9. The van der Waals surface area contributed by atoms with Crippen LogP contribution in [0, 0.1) is 22.7 Å². The number of aliphatic carboxylic acids is 1. The third-order valence-electron chi connectivity index (χ3n) is 13.5. The standard InChI is InChI=1S/C37H54N4O9/c1-34-15-12-23(49-32(46)27(7-6-18-40-33(38)39)41-29(42)8-4-3-5-9-30(43)44)20-36(34,47)17-14-25-24(34)13-16-35(2)26(19-28-37(25,35)50-28)22-10-11-31(45)48-21-22/h10-11,21,23-28,47H,3-9,12-20H2,1-2H3,(H,41,42)(H,43,44)(H4,38,39,40)/t23-,24-,25+,26+,27-,28+,34+,35+,36-,37+/m0/s1. The Labute approximate surface area is 292 Å². The molecule has 0 aromatic carbocycles. The van der Waals surface area contributed by atoms with E-state index in [9.17, 15) is 24.3 Å². The number of carbonyl (C=O) groups excluding carboxylic acids is 2. The summed E-state index contributed by atoms with van der Waals surface area (Å²) in [5.74, 6) is -0.919. The maximum atomic E-state index is 13.6. The van der Waals surface area contributed by atoms with Crippen molar-refractivity contribution in [3.8, 4) is 0 Å². The molecule has 4 aliphatic carbocycles. The van der Waals surface area contributed by atoms with Crippen molar-refractivity contribution in [1.29, 1.82) is 0 Å². The van der Waals surface area contributed by atoms with Gasteiger partial charge in [-0.1, -0.05) is 20.3 Å². The second-order valence-electron chi connectivity index (χ2n) is 16.1. The molecule has 1 aromatic heterocycles. The van der Waals surface area contributed by atoms with Gasteiger partial charge in [-0.3, -0.25) is 14.6 Å². The summed E-state index contributed by atoms with van der Waals surface area (Å²) in [6, 6.07) is 2.52. The van der Waals surface area contributed by atoms with E-state index in [4.69, 9.17) is 30.5 Å². The molecule has 1 aliphatic heterocycles. The minimum Gasteiger partial charge on any atom is -0.481 e. The van der Waals surface area contributed by atoms with E-state index in [0.29, 0.717) is 63.8 Å². The van der Waals surface area contributed by atoms with E-state index in [-0.39, 0.29) is 71.1 Å². The van der Waals surface area contributed by atoms with Crippen molar-refractivity contribution in [3.63, 3.8) is 0 Å². The Morgan fingerprint density at radius 2 is 1.76 bits per heavy atom. The number of nitrogens with one attached hydrogen (secondary N) is 1. The van der Waals surface area contributed by atoms with Gasteiger partial charge >= 0.3 is 17.6 Å². The molecular formula is C37H54N4O9. The molecule has 2 heterocycles. The highest BCUT2D eigenvalue weighted by Gasteiger charge is 2.81. The minimum absolute atomic E-state index is 0.0486.